The van der Waals surface area contributed by atoms with E-state index in [1.807, 2.05) is 11.0 Å². The molecule has 0 unspecified atom stereocenters. The number of amides is 2. The van der Waals surface area contributed by atoms with E-state index in [4.69, 9.17) is 4.84 Å². The Labute approximate surface area is 229 Å². The molecule has 0 spiro atoms. The van der Waals surface area contributed by atoms with E-state index in [1.54, 1.807) is 25.1 Å². The fourth-order valence-electron chi connectivity index (χ4n) is 5.97. The first-order valence-electron chi connectivity index (χ1n) is 13.7. The zero-order valence-electron chi connectivity index (χ0n) is 22.7. The van der Waals surface area contributed by atoms with E-state index in [9.17, 15) is 23.9 Å². The molecule has 0 aromatic heterocycles. The standard InChI is InChI=1S/C30H38FN3O5/c1-21-24(11-7-12-27(21)31)28-25(29(37)22-9-6-10-23(36)17-22)18-33(13-8-16-39-32(2)20-35)19-26(28)30(38)34-14-4-3-5-15-34/h6-7,9-12,17,20,25-26,28,36H,3-5,8,13-16,18-19H2,1-2H3/t25-,26-,28+/m0/s1. The van der Waals surface area contributed by atoms with Crippen molar-refractivity contribution in [3.8, 4) is 5.75 Å². The summed E-state index contributed by atoms with van der Waals surface area (Å²) in [5.74, 6) is -2.24. The summed E-state index contributed by atoms with van der Waals surface area (Å²) in [6.07, 6.45) is 4.16. The van der Waals surface area contributed by atoms with Gasteiger partial charge in [-0.25, -0.2) is 9.45 Å². The monoisotopic (exact) mass is 539 g/mol. The molecular formula is C30H38FN3O5. The Kier molecular flexibility index (Phi) is 9.69. The average Bonchev–Trinajstić information content (AvgIpc) is 2.96. The van der Waals surface area contributed by atoms with Crippen molar-refractivity contribution in [3.05, 3.63) is 65.0 Å². The molecule has 2 aromatic carbocycles. The van der Waals surface area contributed by atoms with Crippen molar-refractivity contribution < 1.29 is 28.7 Å². The maximum Gasteiger partial charge on any atom is 0.233 e. The second kappa shape index (κ2) is 13.2. The van der Waals surface area contributed by atoms with Crippen LogP contribution in [0.2, 0.25) is 0 Å². The average molecular weight is 540 g/mol. The van der Waals surface area contributed by atoms with Crippen molar-refractivity contribution in [2.45, 2.75) is 38.5 Å². The minimum absolute atomic E-state index is 0.00120. The summed E-state index contributed by atoms with van der Waals surface area (Å²) >= 11 is 0. The first kappa shape index (κ1) is 28.7. The Bertz CT molecular complexity index is 1170. The van der Waals surface area contributed by atoms with Gasteiger partial charge in [0, 0.05) is 57.2 Å². The van der Waals surface area contributed by atoms with E-state index < -0.39 is 17.8 Å². The van der Waals surface area contributed by atoms with Crippen molar-refractivity contribution in [2.24, 2.45) is 11.8 Å². The van der Waals surface area contributed by atoms with Gasteiger partial charge < -0.3 is 14.9 Å². The van der Waals surface area contributed by atoms with E-state index in [0.717, 1.165) is 24.3 Å². The lowest BCUT2D eigenvalue weighted by atomic mass is 9.69. The molecule has 8 nitrogen and oxygen atoms in total. The third kappa shape index (κ3) is 6.83. The molecule has 2 aliphatic rings. The van der Waals surface area contributed by atoms with Crippen molar-refractivity contribution >= 4 is 18.1 Å². The number of halogens is 1. The molecule has 2 saturated heterocycles. The number of carbonyl (C=O) groups excluding carboxylic acids is 3. The van der Waals surface area contributed by atoms with Crippen LogP contribution in [0.1, 0.15) is 53.1 Å². The van der Waals surface area contributed by atoms with Crippen LogP contribution >= 0.6 is 0 Å². The van der Waals surface area contributed by atoms with Crippen LogP contribution in [0, 0.1) is 24.6 Å². The zero-order chi connectivity index (χ0) is 27.9. The molecule has 2 aromatic rings. The molecule has 2 fully saturated rings. The number of carbonyl (C=O) groups is 3. The Morgan fingerprint density at radius 3 is 2.54 bits per heavy atom. The zero-order valence-corrected chi connectivity index (χ0v) is 22.7. The number of phenolic OH excluding ortho intramolecular Hbond substituents is 1. The van der Waals surface area contributed by atoms with Crippen LogP contribution in [0.5, 0.6) is 5.75 Å². The van der Waals surface area contributed by atoms with Crippen molar-refractivity contribution in [1.29, 1.82) is 0 Å². The van der Waals surface area contributed by atoms with Gasteiger partial charge in [-0.15, -0.1) is 0 Å². The third-order valence-electron chi connectivity index (χ3n) is 7.96. The van der Waals surface area contributed by atoms with Gasteiger partial charge in [-0.05, 0) is 61.9 Å². The molecule has 4 rings (SSSR count). The van der Waals surface area contributed by atoms with Gasteiger partial charge in [-0.3, -0.25) is 19.2 Å². The van der Waals surface area contributed by atoms with Crippen LogP contribution in [0.4, 0.5) is 4.39 Å². The Morgan fingerprint density at radius 2 is 1.82 bits per heavy atom. The van der Waals surface area contributed by atoms with Crippen LogP contribution in [-0.4, -0.2) is 84.4 Å². The van der Waals surface area contributed by atoms with Crippen LogP contribution in [-0.2, 0) is 14.4 Å². The number of rotatable bonds is 10. The summed E-state index contributed by atoms with van der Waals surface area (Å²) in [5, 5.41) is 11.2. The number of hydrogen-bond acceptors (Lipinski definition) is 6. The summed E-state index contributed by atoms with van der Waals surface area (Å²) < 4.78 is 14.8. The Morgan fingerprint density at radius 1 is 1.10 bits per heavy atom. The van der Waals surface area contributed by atoms with Gasteiger partial charge in [0.1, 0.15) is 11.6 Å². The van der Waals surface area contributed by atoms with Gasteiger partial charge in [-0.1, -0.05) is 24.3 Å². The van der Waals surface area contributed by atoms with Crippen molar-refractivity contribution in [1.82, 2.24) is 14.9 Å². The van der Waals surface area contributed by atoms with Crippen LogP contribution in [0.15, 0.2) is 42.5 Å². The lowest BCUT2D eigenvalue weighted by molar-refractivity contribution is -0.164. The fourth-order valence-corrected chi connectivity index (χ4v) is 5.97. The topological polar surface area (TPSA) is 90.4 Å². The number of Topliss-reactive ketones (excluding diaryl/α,β-unsaturated/α-hetero) is 1. The molecular weight excluding hydrogens is 501 g/mol. The lowest BCUT2D eigenvalue weighted by Gasteiger charge is -2.45. The van der Waals surface area contributed by atoms with E-state index in [-0.39, 0.29) is 23.3 Å². The predicted molar refractivity (Wildman–Crippen MR) is 145 cm³/mol. The summed E-state index contributed by atoms with van der Waals surface area (Å²) in [4.78, 5) is 48.3. The van der Waals surface area contributed by atoms with Gasteiger partial charge in [0.05, 0.1) is 12.5 Å². The summed E-state index contributed by atoms with van der Waals surface area (Å²) in [7, 11) is 1.52. The molecule has 0 aliphatic carbocycles. The van der Waals surface area contributed by atoms with E-state index in [0.29, 0.717) is 68.9 Å². The number of aromatic hydroxyl groups is 1. The molecule has 3 atom stereocenters. The number of benzene rings is 2. The Balaban J connectivity index is 1.71. The first-order valence-corrected chi connectivity index (χ1v) is 13.7. The number of hydrogen-bond donors (Lipinski definition) is 1. The first-order chi connectivity index (χ1) is 18.8. The van der Waals surface area contributed by atoms with Gasteiger partial charge in [-0.2, -0.15) is 0 Å². The molecule has 2 amide bonds. The summed E-state index contributed by atoms with van der Waals surface area (Å²) in [5.41, 5.74) is 1.49. The normalized spacial score (nSPS) is 21.9. The highest BCUT2D eigenvalue weighted by Crippen LogP contribution is 2.42. The van der Waals surface area contributed by atoms with Crippen molar-refractivity contribution in [3.63, 3.8) is 0 Å². The van der Waals surface area contributed by atoms with Crippen LogP contribution < -0.4 is 0 Å². The van der Waals surface area contributed by atoms with Gasteiger partial charge in [0.25, 0.3) is 0 Å². The smallest absolute Gasteiger partial charge is 0.233 e. The van der Waals surface area contributed by atoms with E-state index >= 15 is 0 Å². The molecule has 2 aliphatic heterocycles. The van der Waals surface area contributed by atoms with Crippen molar-refractivity contribution in [2.75, 3.05) is 46.4 Å². The van der Waals surface area contributed by atoms with Gasteiger partial charge >= 0.3 is 0 Å². The Hall–Kier alpha value is -3.30. The third-order valence-corrected chi connectivity index (χ3v) is 7.96. The highest BCUT2D eigenvalue weighted by atomic mass is 19.1. The molecule has 210 valence electrons. The van der Waals surface area contributed by atoms with Crippen LogP contribution in [0.3, 0.4) is 0 Å². The number of phenols is 1. The molecule has 39 heavy (non-hydrogen) atoms. The highest BCUT2D eigenvalue weighted by Gasteiger charge is 2.46. The van der Waals surface area contributed by atoms with E-state index in [2.05, 4.69) is 4.90 Å². The molecule has 2 heterocycles. The SMILES string of the molecule is Cc1c(F)cccc1[C@@H]1[C@@H](C(=O)c2cccc(O)c2)CN(CCCON(C)C=O)C[C@@H]1C(=O)N1CCCCC1. The minimum atomic E-state index is -0.627. The summed E-state index contributed by atoms with van der Waals surface area (Å²) in [6, 6.07) is 11.1. The maximum absolute atomic E-state index is 14.8. The quantitative estimate of drug-likeness (QED) is 0.214. The number of nitrogens with zero attached hydrogens (tertiary/aromatic N) is 3. The molecule has 0 bridgehead atoms. The second-order valence-corrected chi connectivity index (χ2v) is 10.6. The molecule has 0 saturated carbocycles. The minimum Gasteiger partial charge on any atom is -0.508 e. The van der Waals surface area contributed by atoms with E-state index in [1.165, 1.54) is 25.2 Å². The molecule has 1 N–H and O–H groups in total. The number of hydroxylamine groups is 2. The van der Waals surface area contributed by atoms with Gasteiger partial charge in [0.15, 0.2) is 5.78 Å². The number of likely N-dealkylation sites (tertiary alicyclic amines) is 2. The second-order valence-electron chi connectivity index (χ2n) is 10.6. The highest BCUT2D eigenvalue weighted by molar-refractivity contribution is 5.99. The maximum atomic E-state index is 14.8. The summed E-state index contributed by atoms with van der Waals surface area (Å²) in [6.45, 7) is 4.76. The van der Waals surface area contributed by atoms with Crippen LogP contribution in [0.25, 0.3) is 0 Å². The largest absolute Gasteiger partial charge is 0.508 e. The molecule has 0 radical (unpaired) electrons. The number of ketones is 1. The lowest BCUT2D eigenvalue weighted by Crippen LogP contribution is -2.54. The fraction of sp³-hybridized carbons (Fsp3) is 0.500. The molecule has 9 heteroatoms. The van der Waals surface area contributed by atoms with Gasteiger partial charge in [0.2, 0.25) is 12.3 Å². The number of piperidine rings is 2. The predicted octanol–water partition coefficient (Wildman–Crippen LogP) is 3.78.